The second kappa shape index (κ2) is 5.36. The average molecular weight is 283 g/mol. The molecule has 5 heteroatoms. The Kier molecular flexibility index (Phi) is 3.39. The second-order valence-electron chi connectivity index (χ2n) is 4.81. The normalized spacial score (nSPS) is 10.6. The number of hydrogen-bond donors (Lipinski definition) is 0. The van der Waals surface area contributed by atoms with E-state index in [1.165, 1.54) is 12.1 Å². The van der Waals surface area contributed by atoms with Gasteiger partial charge in [0, 0.05) is 37.6 Å². The molecule has 0 saturated carbocycles. The molecule has 0 atom stereocenters. The predicted molar refractivity (Wildman–Crippen MR) is 79.5 cm³/mol. The molecule has 4 nitrogen and oxygen atoms in total. The molecule has 106 valence electrons. The molecule has 0 aliphatic rings. The predicted octanol–water partition coefficient (Wildman–Crippen LogP) is 3.61. The number of pyridine rings is 1. The van der Waals surface area contributed by atoms with Crippen LogP contribution in [-0.2, 0) is 0 Å². The zero-order valence-corrected chi connectivity index (χ0v) is 11.7. The van der Waals surface area contributed by atoms with E-state index in [1.807, 2.05) is 26.2 Å². The van der Waals surface area contributed by atoms with Crippen molar-refractivity contribution < 1.29 is 8.81 Å². The summed E-state index contributed by atoms with van der Waals surface area (Å²) in [5, 5.41) is 0. The molecule has 0 bridgehead atoms. The lowest BCUT2D eigenvalue weighted by molar-refractivity contribution is 0.569. The highest BCUT2D eigenvalue weighted by Gasteiger charge is 2.17. The number of rotatable bonds is 3. The first-order valence-corrected chi connectivity index (χ1v) is 6.49. The van der Waals surface area contributed by atoms with Gasteiger partial charge >= 0.3 is 0 Å². The Morgan fingerprint density at radius 2 is 1.62 bits per heavy atom. The number of anilines is 1. The molecule has 0 aliphatic carbocycles. The maximum Gasteiger partial charge on any atom is 0.297 e. The third kappa shape index (κ3) is 2.63. The van der Waals surface area contributed by atoms with Crippen LogP contribution in [0.1, 0.15) is 0 Å². The monoisotopic (exact) mass is 283 g/mol. The third-order valence-corrected chi connectivity index (χ3v) is 3.06. The zero-order valence-electron chi connectivity index (χ0n) is 11.7. The van der Waals surface area contributed by atoms with Gasteiger partial charge in [-0.3, -0.25) is 4.98 Å². The van der Waals surface area contributed by atoms with Crippen molar-refractivity contribution >= 4 is 6.01 Å². The Morgan fingerprint density at radius 3 is 2.24 bits per heavy atom. The van der Waals surface area contributed by atoms with Crippen molar-refractivity contribution in [2.24, 2.45) is 0 Å². The van der Waals surface area contributed by atoms with Gasteiger partial charge in [0.25, 0.3) is 6.01 Å². The zero-order chi connectivity index (χ0) is 14.8. The maximum absolute atomic E-state index is 13.1. The summed E-state index contributed by atoms with van der Waals surface area (Å²) in [5.41, 5.74) is 2.37. The van der Waals surface area contributed by atoms with Crippen molar-refractivity contribution in [3.8, 4) is 22.6 Å². The van der Waals surface area contributed by atoms with Crippen molar-refractivity contribution in [1.82, 2.24) is 9.97 Å². The summed E-state index contributed by atoms with van der Waals surface area (Å²) in [6.45, 7) is 0. The van der Waals surface area contributed by atoms with Crippen molar-refractivity contribution in [1.29, 1.82) is 0 Å². The summed E-state index contributed by atoms with van der Waals surface area (Å²) in [5.74, 6) is 0.369. The van der Waals surface area contributed by atoms with Gasteiger partial charge in [-0.1, -0.05) is 0 Å². The van der Waals surface area contributed by atoms with Crippen LogP contribution in [0.4, 0.5) is 10.4 Å². The maximum atomic E-state index is 13.1. The highest BCUT2D eigenvalue weighted by atomic mass is 19.1. The summed E-state index contributed by atoms with van der Waals surface area (Å²) in [6, 6.07) is 10.4. The second-order valence-corrected chi connectivity index (χ2v) is 4.81. The van der Waals surface area contributed by atoms with Gasteiger partial charge in [0.15, 0.2) is 5.76 Å². The van der Waals surface area contributed by atoms with E-state index in [2.05, 4.69) is 9.97 Å². The van der Waals surface area contributed by atoms with Gasteiger partial charge in [0.2, 0.25) is 0 Å². The minimum absolute atomic E-state index is 0.277. The number of benzene rings is 1. The number of nitrogens with zero attached hydrogens (tertiary/aromatic N) is 3. The first-order valence-electron chi connectivity index (χ1n) is 6.49. The van der Waals surface area contributed by atoms with Crippen molar-refractivity contribution in [2.75, 3.05) is 19.0 Å². The Morgan fingerprint density at radius 1 is 0.952 bits per heavy atom. The highest BCUT2D eigenvalue weighted by Crippen LogP contribution is 2.34. The molecule has 0 spiro atoms. The molecule has 0 radical (unpaired) electrons. The number of aromatic nitrogens is 2. The van der Waals surface area contributed by atoms with E-state index in [0.29, 0.717) is 17.5 Å². The molecular formula is C16H14FN3O. The lowest BCUT2D eigenvalue weighted by Crippen LogP contribution is -2.08. The van der Waals surface area contributed by atoms with Gasteiger partial charge in [-0.05, 0) is 36.4 Å². The van der Waals surface area contributed by atoms with Crippen LogP contribution in [0.15, 0.2) is 53.2 Å². The molecule has 1 aromatic carbocycles. The minimum atomic E-state index is -0.277. The standard InChI is InChI=1S/C16H14FN3O/c1-20(2)16-19-14(11-3-5-13(17)6-4-11)15(21-16)12-7-9-18-10-8-12/h3-10H,1-2H3. The molecular weight excluding hydrogens is 269 g/mol. The topological polar surface area (TPSA) is 42.2 Å². The lowest BCUT2D eigenvalue weighted by Gasteiger charge is -2.04. The molecule has 0 fully saturated rings. The molecule has 2 heterocycles. The quantitative estimate of drug-likeness (QED) is 0.736. The largest absolute Gasteiger partial charge is 0.423 e. The van der Waals surface area contributed by atoms with E-state index in [1.54, 1.807) is 29.4 Å². The Balaban J connectivity index is 2.16. The van der Waals surface area contributed by atoms with Gasteiger partial charge in [-0.15, -0.1) is 0 Å². The van der Waals surface area contributed by atoms with Crippen LogP contribution >= 0.6 is 0 Å². The van der Waals surface area contributed by atoms with E-state index in [9.17, 15) is 4.39 Å². The van der Waals surface area contributed by atoms with Crippen LogP contribution in [0.25, 0.3) is 22.6 Å². The van der Waals surface area contributed by atoms with Crippen LogP contribution in [0.2, 0.25) is 0 Å². The molecule has 21 heavy (non-hydrogen) atoms. The summed E-state index contributed by atoms with van der Waals surface area (Å²) in [4.78, 5) is 10.3. The molecule has 3 aromatic rings. The molecule has 0 N–H and O–H groups in total. The van der Waals surface area contributed by atoms with Crippen molar-refractivity contribution in [2.45, 2.75) is 0 Å². The van der Waals surface area contributed by atoms with E-state index >= 15 is 0 Å². The van der Waals surface area contributed by atoms with Crippen molar-refractivity contribution in [3.63, 3.8) is 0 Å². The van der Waals surface area contributed by atoms with Crippen LogP contribution in [-0.4, -0.2) is 24.1 Å². The molecule has 0 saturated heterocycles. The molecule has 0 amide bonds. The summed E-state index contributed by atoms with van der Waals surface area (Å²) in [7, 11) is 3.72. The van der Waals surface area contributed by atoms with E-state index in [0.717, 1.165) is 11.1 Å². The number of hydrogen-bond acceptors (Lipinski definition) is 4. The summed E-state index contributed by atoms with van der Waals surface area (Å²) in [6.07, 6.45) is 3.39. The Hall–Kier alpha value is -2.69. The van der Waals surface area contributed by atoms with Crippen LogP contribution in [0.3, 0.4) is 0 Å². The molecule has 0 aliphatic heterocycles. The van der Waals surface area contributed by atoms with Gasteiger partial charge in [-0.25, -0.2) is 4.39 Å². The number of oxazole rings is 1. The highest BCUT2D eigenvalue weighted by molar-refractivity contribution is 5.77. The van der Waals surface area contributed by atoms with Crippen molar-refractivity contribution in [3.05, 3.63) is 54.6 Å². The van der Waals surface area contributed by atoms with Crippen LogP contribution in [0, 0.1) is 5.82 Å². The van der Waals surface area contributed by atoms with Gasteiger partial charge < -0.3 is 9.32 Å². The fourth-order valence-corrected chi connectivity index (χ4v) is 2.00. The average Bonchev–Trinajstić information content (AvgIpc) is 2.94. The Labute approximate surface area is 121 Å². The van der Waals surface area contributed by atoms with E-state index in [4.69, 9.17) is 4.42 Å². The Bertz CT molecular complexity index is 736. The van der Waals surface area contributed by atoms with Crippen LogP contribution in [0.5, 0.6) is 0 Å². The van der Waals surface area contributed by atoms with Crippen LogP contribution < -0.4 is 4.90 Å². The smallest absolute Gasteiger partial charge is 0.297 e. The van der Waals surface area contributed by atoms with Gasteiger partial charge in [0.05, 0.1) is 0 Å². The lowest BCUT2D eigenvalue weighted by atomic mass is 10.1. The summed E-state index contributed by atoms with van der Waals surface area (Å²) < 4.78 is 18.9. The molecule has 3 rings (SSSR count). The minimum Gasteiger partial charge on any atom is -0.423 e. The molecule has 0 unspecified atom stereocenters. The first kappa shape index (κ1) is 13.3. The molecule has 2 aromatic heterocycles. The SMILES string of the molecule is CN(C)c1nc(-c2ccc(F)cc2)c(-c2ccncc2)o1. The van der Waals surface area contributed by atoms with E-state index < -0.39 is 0 Å². The van der Waals surface area contributed by atoms with E-state index in [-0.39, 0.29) is 5.82 Å². The number of halogens is 1. The first-order chi connectivity index (χ1) is 10.1. The van der Waals surface area contributed by atoms with Gasteiger partial charge in [0.1, 0.15) is 11.5 Å². The third-order valence-electron chi connectivity index (χ3n) is 3.06. The fraction of sp³-hybridized carbons (Fsp3) is 0.125. The fourth-order valence-electron chi connectivity index (χ4n) is 2.00. The van der Waals surface area contributed by atoms with Gasteiger partial charge in [-0.2, -0.15) is 4.98 Å². The summed E-state index contributed by atoms with van der Waals surface area (Å²) >= 11 is 0.